The van der Waals surface area contributed by atoms with Crippen LogP contribution in [0.2, 0.25) is 0 Å². The van der Waals surface area contributed by atoms with E-state index in [1.807, 2.05) is 13.8 Å². The number of thiazole rings is 1. The Bertz CT molecular complexity index is 704. The fraction of sp³-hybridized carbons (Fsp3) is 0.333. The van der Waals surface area contributed by atoms with E-state index in [1.54, 1.807) is 18.3 Å². The third kappa shape index (κ3) is 3.80. The molecular formula is C15H17N5OS. The molecule has 0 saturated heterocycles. The Kier molecular flexibility index (Phi) is 5.44. The van der Waals surface area contributed by atoms with Crippen LogP contribution in [0.4, 0.5) is 5.82 Å². The number of aryl methyl sites for hydroxylation is 2. The van der Waals surface area contributed by atoms with Gasteiger partial charge in [0.25, 0.3) is 5.91 Å². The van der Waals surface area contributed by atoms with Gasteiger partial charge in [-0.25, -0.2) is 9.97 Å². The van der Waals surface area contributed by atoms with Gasteiger partial charge in [-0.15, -0.1) is 11.3 Å². The molecule has 22 heavy (non-hydrogen) atoms. The lowest BCUT2D eigenvalue weighted by molar-refractivity contribution is 0.0958. The SMILES string of the molecule is CCc1nc(C)c(C(=O)NCCNc2ncccc2C#N)s1. The average Bonchev–Trinajstić information content (AvgIpc) is 2.93. The Morgan fingerprint density at radius 2 is 2.27 bits per heavy atom. The summed E-state index contributed by atoms with van der Waals surface area (Å²) in [6.45, 7) is 4.80. The van der Waals surface area contributed by atoms with Crippen LogP contribution in [0.15, 0.2) is 18.3 Å². The Hall–Kier alpha value is -2.46. The molecule has 7 heteroatoms. The van der Waals surface area contributed by atoms with E-state index in [9.17, 15) is 4.79 Å². The van der Waals surface area contributed by atoms with Gasteiger partial charge in [0.1, 0.15) is 16.8 Å². The number of rotatable bonds is 6. The monoisotopic (exact) mass is 315 g/mol. The van der Waals surface area contributed by atoms with Crippen LogP contribution in [0.25, 0.3) is 0 Å². The zero-order valence-electron chi connectivity index (χ0n) is 12.5. The normalized spacial score (nSPS) is 10.0. The Morgan fingerprint density at radius 1 is 1.45 bits per heavy atom. The number of aromatic nitrogens is 2. The van der Waals surface area contributed by atoms with E-state index in [0.29, 0.717) is 29.3 Å². The molecule has 0 radical (unpaired) electrons. The number of nitrogens with zero attached hydrogens (tertiary/aromatic N) is 3. The predicted molar refractivity (Wildman–Crippen MR) is 86.0 cm³/mol. The molecular weight excluding hydrogens is 298 g/mol. The molecule has 2 heterocycles. The molecule has 6 nitrogen and oxygen atoms in total. The fourth-order valence-corrected chi connectivity index (χ4v) is 2.81. The third-order valence-corrected chi connectivity index (χ3v) is 4.28. The van der Waals surface area contributed by atoms with E-state index in [1.165, 1.54) is 11.3 Å². The summed E-state index contributed by atoms with van der Waals surface area (Å²) in [5, 5.41) is 15.8. The molecule has 0 bridgehead atoms. The third-order valence-electron chi connectivity index (χ3n) is 2.98. The van der Waals surface area contributed by atoms with Gasteiger partial charge in [0.2, 0.25) is 0 Å². The summed E-state index contributed by atoms with van der Waals surface area (Å²) in [6, 6.07) is 5.48. The lowest BCUT2D eigenvalue weighted by atomic mass is 10.3. The molecule has 114 valence electrons. The van der Waals surface area contributed by atoms with Crippen molar-refractivity contribution in [2.24, 2.45) is 0 Å². The van der Waals surface area contributed by atoms with Gasteiger partial charge < -0.3 is 10.6 Å². The van der Waals surface area contributed by atoms with Crippen LogP contribution in [-0.2, 0) is 6.42 Å². The van der Waals surface area contributed by atoms with E-state index in [0.717, 1.165) is 17.1 Å². The number of pyridine rings is 1. The highest BCUT2D eigenvalue weighted by atomic mass is 32.1. The molecule has 1 amide bonds. The number of nitriles is 1. The van der Waals surface area contributed by atoms with Crippen molar-refractivity contribution in [2.45, 2.75) is 20.3 Å². The van der Waals surface area contributed by atoms with Crippen molar-refractivity contribution < 1.29 is 4.79 Å². The lowest BCUT2D eigenvalue weighted by Gasteiger charge is -2.07. The van der Waals surface area contributed by atoms with Gasteiger partial charge >= 0.3 is 0 Å². The summed E-state index contributed by atoms with van der Waals surface area (Å²) in [7, 11) is 0. The van der Waals surface area contributed by atoms with Gasteiger partial charge in [-0.3, -0.25) is 4.79 Å². The molecule has 0 aliphatic rings. The number of anilines is 1. The number of carbonyl (C=O) groups excluding carboxylic acids is 1. The standard InChI is InChI=1S/C15H17N5OS/c1-3-12-20-10(2)13(22-12)15(21)19-8-7-18-14-11(9-16)5-4-6-17-14/h4-6H,3,7-8H2,1-2H3,(H,17,18)(H,19,21). The summed E-state index contributed by atoms with van der Waals surface area (Å²) in [5.41, 5.74) is 1.25. The van der Waals surface area contributed by atoms with Crippen molar-refractivity contribution in [1.82, 2.24) is 15.3 Å². The van der Waals surface area contributed by atoms with Crippen LogP contribution >= 0.6 is 11.3 Å². The first-order valence-electron chi connectivity index (χ1n) is 6.99. The minimum Gasteiger partial charge on any atom is -0.367 e. The highest BCUT2D eigenvalue weighted by Crippen LogP contribution is 2.18. The average molecular weight is 315 g/mol. The van der Waals surface area contributed by atoms with E-state index in [-0.39, 0.29) is 5.91 Å². The zero-order valence-corrected chi connectivity index (χ0v) is 13.3. The molecule has 0 fully saturated rings. The smallest absolute Gasteiger partial charge is 0.263 e. The van der Waals surface area contributed by atoms with Crippen molar-refractivity contribution in [1.29, 1.82) is 5.26 Å². The second-order valence-electron chi connectivity index (χ2n) is 4.57. The molecule has 0 saturated carbocycles. The molecule has 2 rings (SSSR count). The second kappa shape index (κ2) is 7.52. The first-order valence-corrected chi connectivity index (χ1v) is 7.80. The molecule has 2 aromatic rings. The summed E-state index contributed by atoms with van der Waals surface area (Å²) < 4.78 is 0. The lowest BCUT2D eigenvalue weighted by Crippen LogP contribution is -2.28. The minimum absolute atomic E-state index is 0.113. The van der Waals surface area contributed by atoms with Crippen LogP contribution in [0, 0.1) is 18.3 Å². The van der Waals surface area contributed by atoms with Crippen molar-refractivity contribution in [3.8, 4) is 6.07 Å². The van der Waals surface area contributed by atoms with E-state index in [4.69, 9.17) is 5.26 Å². The molecule has 0 unspecified atom stereocenters. The van der Waals surface area contributed by atoms with Gasteiger partial charge in [0.05, 0.1) is 16.3 Å². The maximum Gasteiger partial charge on any atom is 0.263 e. The molecule has 0 aliphatic carbocycles. The van der Waals surface area contributed by atoms with Crippen molar-refractivity contribution in [2.75, 3.05) is 18.4 Å². The van der Waals surface area contributed by atoms with Gasteiger partial charge in [-0.1, -0.05) is 6.92 Å². The number of nitrogens with one attached hydrogen (secondary N) is 2. The number of carbonyl (C=O) groups is 1. The molecule has 0 aromatic carbocycles. The summed E-state index contributed by atoms with van der Waals surface area (Å²) in [4.78, 5) is 21.2. The molecule has 0 aliphatic heterocycles. The maximum atomic E-state index is 12.1. The predicted octanol–water partition coefficient (Wildman–Crippen LogP) is 2.12. The van der Waals surface area contributed by atoms with Crippen molar-refractivity contribution >= 4 is 23.1 Å². The van der Waals surface area contributed by atoms with Crippen LogP contribution in [0.3, 0.4) is 0 Å². The van der Waals surface area contributed by atoms with Crippen molar-refractivity contribution in [3.05, 3.63) is 39.5 Å². The number of hydrogen-bond donors (Lipinski definition) is 2. The van der Waals surface area contributed by atoms with Gasteiger partial charge in [0.15, 0.2) is 0 Å². The van der Waals surface area contributed by atoms with Gasteiger partial charge in [-0.2, -0.15) is 5.26 Å². The van der Waals surface area contributed by atoms with Gasteiger partial charge in [0, 0.05) is 19.3 Å². The van der Waals surface area contributed by atoms with Crippen LogP contribution < -0.4 is 10.6 Å². The number of amides is 1. The highest BCUT2D eigenvalue weighted by molar-refractivity contribution is 7.13. The summed E-state index contributed by atoms with van der Waals surface area (Å²) >= 11 is 1.43. The second-order valence-corrected chi connectivity index (χ2v) is 5.65. The fourth-order valence-electron chi connectivity index (χ4n) is 1.89. The van der Waals surface area contributed by atoms with E-state index >= 15 is 0 Å². The first kappa shape index (κ1) is 15.9. The molecule has 0 atom stereocenters. The summed E-state index contributed by atoms with van der Waals surface area (Å²) in [6.07, 6.45) is 2.45. The molecule has 0 spiro atoms. The van der Waals surface area contributed by atoms with Crippen LogP contribution in [0.5, 0.6) is 0 Å². The molecule has 2 N–H and O–H groups in total. The van der Waals surface area contributed by atoms with Crippen molar-refractivity contribution in [3.63, 3.8) is 0 Å². The van der Waals surface area contributed by atoms with E-state index < -0.39 is 0 Å². The zero-order chi connectivity index (χ0) is 15.9. The quantitative estimate of drug-likeness (QED) is 0.797. The van der Waals surface area contributed by atoms with Gasteiger partial charge in [-0.05, 0) is 25.5 Å². The topological polar surface area (TPSA) is 90.7 Å². The Balaban J connectivity index is 1.85. The highest BCUT2D eigenvalue weighted by Gasteiger charge is 2.13. The summed E-state index contributed by atoms with van der Waals surface area (Å²) in [5.74, 6) is 0.416. The largest absolute Gasteiger partial charge is 0.367 e. The first-order chi connectivity index (χ1) is 10.7. The Morgan fingerprint density at radius 3 is 2.95 bits per heavy atom. The van der Waals surface area contributed by atoms with Crippen LogP contribution in [0.1, 0.15) is 32.9 Å². The Labute approximate surface area is 133 Å². The minimum atomic E-state index is -0.113. The maximum absolute atomic E-state index is 12.1. The van der Waals surface area contributed by atoms with E-state index in [2.05, 4.69) is 26.7 Å². The van der Waals surface area contributed by atoms with Crippen LogP contribution in [-0.4, -0.2) is 29.0 Å². The number of hydrogen-bond acceptors (Lipinski definition) is 6. The molecule has 2 aromatic heterocycles.